The third kappa shape index (κ3) is 5.04. The number of hydrazone groups is 1. The molecule has 0 unspecified atom stereocenters. The van der Waals surface area contributed by atoms with Gasteiger partial charge in [-0.1, -0.05) is 28.1 Å². The third-order valence-corrected chi connectivity index (χ3v) is 4.80. The van der Waals surface area contributed by atoms with Crippen LogP contribution in [0.3, 0.4) is 0 Å². The Balaban J connectivity index is 1.96. The topological polar surface area (TPSA) is 127 Å². The Bertz CT molecular complexity index is 1160. The zero-order valence-corrected chi connectivity index (χ0v) is 18.4. The molecule has 0 bridgehead atoms. The number of hydrogen-bond donors (Lipinski definition) is 3. The molecule has 0 saturated carbocycles. The Labute approximate surface area is 180 Å². The SMILES string of the molecule is CC(C)OC[C@H](O)Cn1c(N/N=C\c2ccc(Br)cc2)nc2c1c(=O)[nH]c(=O)n2C. The summed E-state index contributed by atoms with van der Waals surface area (Å²) in [5, 5.41) is 14.5. The van der Waals surface area contributed by atoms with Crippen LogP contribution < -0.4 is 16.7 Å². The number of aryl methyl sites for hydroxylation is 1. The first-order chi connectivity index (χ1) is 14.3. The van der Waals surface area contributed by atoms with E-state index in [1.807, 2.05) is 38.1 Å². The van der Waals surface area contributed by atoms with Gasteiger partial charge in [-0.2, -0.15) is 10.1 Å². The van der Waals surface area contributed by atoms with Gasteiger partial charge >= 0.3 is 5.69 Å². The molecule has 160 valence electrons. The van der Waals surface area contributed by atoms with Crippen LogP contribution in [-0.2, 0) is 18.3 Å². The van der Waals surface area contributed by atoms with E-state index < -0.39 is 17.4 Å². The summed E-state index contributed by atoms with van der Waals surface area (Å²) in [6.07, 6.45) is 0.659. The lowest BCUT2D eigenvalue weighted by molar-refractivity contribution is -0.000105. The van der Waals surface area contributed by atoms with E-state index in [-0.39, 0.29) is 36.4 Å². The van der Waals surface area contributed by atoms with Crippen LogP contribution in [0.25, 0.3) is 11.2 Å². The molecule has 1 aromatic carbocycles. The molecule has 3 rings (SSSR count). The number of halogens is 1. The summed E-state index contributed by atoms with van der Waals surface area (Å²) in [4.78, 5) is 31.0. The van der Waals surface area contributed by atoms with Crippen LogP contribution in [0.4, 0.5) is 5.95 Å². The lowest BCUT2D eigenvalue weighted by Gasteiger charge is -2.15. The number of benzene rings is 1. The zero-order chi connectivity index (χ0) is 21.8. The number of hydrogen-bond acceptors (Lipinski definition) is 7. The molecule has 11 heteroatoms. The molecule has 0 aliphatic carbocycles. The number of aromatic amines is 1. The van der Waals surface area contributed by atoms with E-state index in [2.05, 4.69) is 36.4 Å². The van der Waals surface area contributed by atoms with Gasteiger partial charge in [0.1, 0.15) is 0 Å². The van der Waals surface area contributed by atoms with Crippen LogP contribution >= 0.6 is 15.9 Å². The zero-order valence-electron chi connectivity index (χ0n) is 16.8. The van der Waals surface area contributed by atoms with E-state index in [0.717, 1.165) is 10.0 Å². The smallest absolute Gasteiger partial charge is 0.329 e. The van der Waals surface area contributed by atoms with E-state index in [0.29, 0.717) is 0 Å². The summed E-state index contributed by atoms with van der Waals surface area (Å²) in [5.74, 6) is 0.216. The van der Waals surface area contributed by atoms with Crippen LogP contribution in [0.2, 0.25) is 0 Å². The molecule has 0 fully saturated rings. The number of aromatic nitrogens is 4. The molecular weight excluding hydrogens is 456 g/mol. The van der Waals surface area contributed by atoms with Crippen molar-refractivity contribution in [2.75, 3.05) is 12.0 Å². The lowest BCUT2D eigenvalue weighted by atomic mass is 10.2. The van der Waals surface area contributed by atoms with Crippen molar-refractivity contribution >= 4 is 39.3 Å². The Morgan fingerprint density at radius 2 is 2.03 bits per heavy atom. The standard InChI is InChI=1S/C19H23BrN6O4/c1-11(2)30-10-14(27)9-26-15-16(25(3)19(29)23-17(15)28)22-18(26)24-21-8-12-4-6-13(20)7-5-12/h4-8,11,14,27H,9-10H2,1-3H3,(H,22,24)(H,23,28,29)/b21-8-/t14-/m1/s1. The highest BCUT2D eigenvalue weighted by Crippen LogP contribution is 2.16. The normalized spacial score (nSPS) is 12.9. The summed E-state index contributed by atoms with van der Waals surface area (Å²) in [5.41, 5.74) is 2.81. The minimum atomic E-state index is -0.891. The molecule has 2 heterocycles. The second-order valence-electron chi connectivity index (χ2n) is 6.99. The van der Waals surface area contributed by atoms with Gasteiger partial charge in [0.05, 0.1) is 31.6 Å². The van der Waals surface area contributed by atoms with Crippen molar-refractivity contribution in [3.63, 3.8) is 0 Å². The Kier molecular flexibility index (Phi) is 6.85. The maximum Gasteiger partial charge on any atom is 0.329 e. The first-order valence-corrected chi connectivity index (χ1v) is 10.1. The Hall–Kier alpha value is -2.76. The largest absolute Gasteiger partial charge is 0.389 e. The number of ether oxygens (including phenoxy) is 1. The number of aliphatic hydroxyl groups is 1. The number of nitrogens with zero attached hydrogens (tertiary/aromatic N) is 4. The second-order valence-corrected chi connectivity index (χ2v) is 7.91. The van der Waals surface area contributed by atoms with Crippen LogP contribution in [0.1, 0.15) is 19.4 Å². The van der Waals surface area contributed by atoms with Crippen molar-refractivity contribution in [1.82, 2.24) is 19.1 Å². The van der Waals surface area contributed by atoms with Gasteiger partial charge in [0.2, 0.25) is 5.95 Å². The van der Waals surface area contributed by atoms with Gasteiger partial charge in [0.15, 0.2) is 11.2 Å². The van der Waals surface area contributed by atoms with Crippen LogP contribution in [-0.4, -0.2) is 49.2 Å². The molecule has 0 spiro atoms. The quantitative estimate of drug-likeness (QED) is 0.332. The summed E-state index contributed by atoms with van der Waals surface area (Å²) in [6, 6.07) is 7.52. The van der Waals surface area contributed by atoms with Gasteiger partial charge in [-0.25, -0.2) is 10.2 Å². The average molecular weight is 479 g/mol. The maximum absolute atomic E-state index is 12.4. The Morgan fingerprint density at radius 3 is 2.70 bits per heavy atom. The van der Waals surface area contributed by atoms with E-state index in [9.17, 15) is 14.7 Å². The first kappa shape index (κ1) is 21.9. The van der Waals surface area contributed by atoms with Crippen molar-refractivity contribution in [2.24, 2.45) is 12.1 Å². The van der Waals surface area contributed by atoms with Crippen molar-refractivity contribution in [1.29, 1.82) is 0 Å². The fraction of sp³-hybridized carbons (Fsp3) is 0.368. The highest BCUT2D eigenvalue weighted by molar-refractivity contribution is 9.10. The molecule has 3 aromatic rings. The van der Waals surface area contributed by atoms with Crippen molar-refractivity contribution in [3.05, 3.63) is 55.1 Å². The maximum atomic E-state index is 12.4. The van der Waals surface area contributed by atoms with E-state index in [1.165, 1.54) is 16.2 Å². The van der Waals surface area contributed by atoms with Crippen LogP contribution in [0, 0.1) is 0 Å². The molecule has 10 nitrogen and oxygen atoms in total. The molecule has 0 radical (unpaired) electrons. The number of aliphatic hydroxyl groups excluding tert-OH is 1. The fourth-order valence-electron chi connectivity index (χ4n) is 2.78. The van der Waals surface area contributed by atoms with Gasteiger partial charge in [0.25, 0.3) is 5.56 Å². The van der Waals surface area contributed by atoms with Gasteiger partial charge < -0.3 is 14.4 Å². The highest BCUT2D eigenvalue weighted by Gasteiger charge is 2.19. The highest BCUT2D eigenvalue weighted by atomic mass is 79.9. The van der Waals surface area contributed by atoms with E-state index >= 15 is 0 Å². The third-order valence-electron chi connectivity index (χ3n) is 4.27. The predicted molar refractivity (Wildman–Crippen MR) is 118 cm³/mol. The molecule has 0 aliphatic heterocycles. The summed E-state index contributed by atoms with van der Waals surface area (Å²) >= 11 is 3.38. The molecule has 30 heavy (non-hydrogen) atoms. The minimum absolute atomic E-state index is 0.0284. The Morgan fingerprint density at radius 1 is 1.33 bits per heavy atom. The van der Waals surface area contributed by atoms with Gasteiger partial charge in [0, 0.05) is 11.5 Å². The first-order valence-electron chi connectivity index (χ1n) is 9.30. The van der Waals surface area contributed by atoms with Crippen molar-refractivity contribution in [3.8, 4) is 0 Å². The summed E-state index contributed by atoms with van der Waals surface area (Å²) in [7, 11) is 1.51. The molecule has 0 saturated heterocycles. The van der Waals surface area contributed by atoms with Crippen LogP contribution in [0.15, 0.2) is 43.4 Å². The summed E-state index contributed by atoms with van der Waals surface area (Å²) < 4.78 is 9.12. The number of nitrogens with one attached hydrogen (secondary N) is 2. The predicted octanol–water partition coefficient (Wildman–Crippen LogP) is 1.42. The van der Waals surface area contributed by atoms with Gasteiger partial charge in [-0.05, 0) is 31.5 Å². The number of fused-ring (bicyclic) bond motifs is 1. The van der Waals surface area contributed by atoms with Crippen LogP contribution in [0.5, 0.6) is 0 Å². The number of rotatable bonds is 8. The average Bonchev–Trinajstić information content (AvgIpc) is 3.05. The molecule has 0 aliphatic rings. The number of imidazole rings is 1. The number of H-pyrrole nitrogens is 1. The second kappa shape index (κ2) is 9.37. The van der Waals surface area contributed by atoms with E-state index in [4.69, 9.17) is 4.74 Å². The molecule has 2 aromatic heterocycles. The van der Waals surface area contributed by atoms with Crippen molar-refractivity contribution < 1.29 is 9.84 Å². The molecular formula is C19H23BrN6O4. The molecule has 3 N–H and O–H groups in total. The number of anilines is 1. The summed E-state index contributed by atoms with van der Waals surface area (Å²) in [6.45, 7) is 3.84. The molecule has 0 amide bonds. The fourth-order valence-corrected chi connectivity index (χ4v) is 3.04. The monoisotopic (exact) mass is 478 g/mol. The van der Waals surface area contributed by atoms with E-state index in [1.54, 1.807) is 6.21 Å². The van der Waals surface area contributed by atoms with Gasteiger partial charge in [-0.3, -0.25) is 14.3 Å². The minimum Gasteiger partial charge on any atom is -0.389 e. The lowest BCUT2D eigenvalue weighted by Crippen LogP contribution is -2.30. The van der Waals surface area contributed by atoms with Gasteiger partial charge in [-0.15, -0.1) is 0 Å². The van der Waals surface area contributed by atoms with Crippen molar-refractivity contribution in [2.45, 2.75) is 32.6 Å². The molecule has 1 atom stereocenters.